The van der Waals surface area contributed by atoms with Crippen molar-refractivity contribution in [3.63, 3.8) is 0 Å². The molecule has 0 saturated carbocycles. The fraction of sp³-hybridized carbons (Fsp3) is 0.538. The van der Waals surface area contributed by atoms with E-state index in [0.29, 0.717) is 0 Å². The maximum atomic E-state index is 12.6. The smallest absolute Gasteiger partial charge is 0.381 e. The number of hydrogen-bond acceptors (Lipinski definition) is 1. The minimum absolute atomic E-state index is 0.368. The number of rotatable bonds is 3. The topological polar surface area (TPSA) is 20.2 Å². The predicted octanol–water partition coefficient (Wildman–Crippen LogP) is 3.67. The monoisotopic (exact) mass is 246 g/mol. The molecule has 0 radical (unpaired) electrons. The summed E-state index contributed by atoms with van der Waals surface area (Å²) in [7, 11) is 0. The Labute approximate surface area is 99.3 Å². The molecule has 4 heteroatoms. The van der Waals surface area contributed by atoms with Crippen LogP contribution in [0.5, 0.6) is 0 Å². The van der Waals surface area contributed by atoms with Crippen molar-refractivity contribution in [2.45, 2.75) is 44.4 Å². The molecule has 1 nitrogen and oxygen atoms in total. The SMILES string of the molecule is CC(C)(CC(C)(O)C(F)(F)F)c1ccccc1. The summed E-state index contributed by atoms with van der Waals surface area (Å²) in [6.45, 7) is 4.21. The van der Waals surface area contributed by atoms with Gasteiger partial charge >= 0.3 is 6.18 Å². The second-order valence-corrected chi connectivity index (χ2v) is 5.20. The molecule has 96 valence electrons. The average molecular weight is 246 g/mol. The quantitative estimate of drug-likeness (QED) is 0.862. The van der Waals surface area contributed by atoms with Crippen LogP contribution in [0, 0.1) is 0 Å². The molecule has 0 heterocycles. The molecule has 1 aromatic rings. The lowest BCUT2D eigenvalue weighted by Crippen LogP contribution is -2.46. The highest BCUT2D eigenvalue weighted by Gasteiger charge is 2.52. The molecule has 1 aromatic carbocycles. The summed E-state index contributed by atoms with van der Waals surface area (Å²) in [5, 5.41) is 9.52. The summed E-state index contributed by atoms with van der Waals surface area (Å²) < 4.78 is 37.9. The summed E-state index contributed by atoms with van der Waals surface area (Å²) in [4.78, 5) is 0. The van der Waals surface area contributed by atoms with Gasteiger partial charge in [0.2, 0.25) is 0 Å². The fourth-order valence-electron chi connectivity index (χ4n) is 1.95. The Hall–Kier alpha value is -1.03. The first kappa shape index (κ1) is 14.0. The van der Waals surface area contributed by atoms with E-state index < -0.39 is 17.2 Å². The Bertz CT molecular complexity index is 366. The van der Waals surface area contributed by atoms with E-state index in [1.807, 2.05) is 6.07 Å². The first-order valence-electron chi connectivity index (χ1n) is 5.41. The van der Waals surface area contributed by atoms with Crippen molar-refractivity contribution in [3.8, 4) is 0 Å². The van der Waals surface area contributed by atoms with Crippen LogP contribution < -0.4 is 0 Å². The van der Waals surface area contributed by atoms with E-state index >= 15 is 0 Å². The molecule has 1 N–H and O–H groups in total. The van der Waals surface area contributed by atoms with Crippen molar-refractivity contribution in [1.29, 1.82) is 0 Å². The first-order chi connectivity index (χ1) is 7.56. The van der Waals surface area contributed by atoms with Crippen molar-refractivity contribution in [2.24, 2.45) is 0 Å². The third-order valence-corrected chi connectivity index (χ3v) is 2.95. The van der Waals surface area contributed by atoms with Crippen LogP contribution in [0.3, 0.4) is 0 Å². The van der Waals surface area contributed by atoms with E-state index in [9.17, 15) is 18.3 Å². The maximum absolute atomic E-state index is 12.6. The molecule has 0 amide bonds. The van der Waals surface area contributed by atoms with Gasteiger partial charge in [0.1, 0.15) is 0 Å². The predicted molar refractivity (Wildman–Crippen MR) is 60.8 cm³/mol. The van der Waals surface area contributed by atoms with Crippen molar-refractivity contribution in [1.82, 2.24) is 0 Å². The van der Waals surface area contributed by atoms with Crippen LogP contribution in [0.2, 0.25) is 0 Å². The lowest BCUT2D eigenvalue weighted by Gasteiger charge is -2.35. The number of benzene rings is 1. The molecular formula is C13H17F3O. The highest BCUT2D eigenvalue weighted by molar-refractivity contribution is 5.24. The minimum Gasteiger partial charge on any atom is -0.381 e. The fourth-order valence-corrected chi connectivity index (χ4v) is 1.95. The highest BCUT2D eigenvalue weighted by Crippen LogP contribution is 2.40. The Morgan fingerprint density at radius 2 is 1.47 bits per heavy atom. The average Bonchev–Trinajstić information content (AvgIpc) is 2.15. The van der Waals surface area contributed by atoms with Crippen LogP contribution in [-0.4, -0.2) is 16.9 Å². The zero-order chi connectivity index (χ0) is 13.3. The van der Waals surface area contributed by atoms with E-state index in [4.69, 9.17) is 0 Å². The second-order valence-electron chi connectivity index (χ2n) is 5.20. The number of halogens is 3. The van der Waals surface area contributed by atoms with Gasteiger partial charge in [0, 0.05) is 0 Å². The van der Waals surface area contributed by atoms with E-state index in [2.05, 4.69) is 0 Å². The van der Waals surface area contributed by atoms with Crippen LogP contribution in [0.25, 0.3) is 0 Å². The van der Waals surface area contributed by atoms with E-state index in [1.165, 1.54) is 0 Å². The molecule has 1 atom stereocenters. The van der Waals surface area contributed by atoms with Gasteiger partial charge < -0.3 is 5.11 Å². The van der Waals surface area contributed by atoms with E-state index in [0.717, 1.165) is 12.5 Å². The van der Waals surface area contributed by atoms with Crippen molar-refractivity contribution < 1.29 is 18.3 Å². The Balaban J connectivity index is 2.95. The maximum Gasteiger partial charge on any atom is 0.416 e. The zero-order valence-corrected chi connectivity index (χ0v) is 10.2. The standard InChI is InChI=1S/C13H17F3O/c1-11(2,10-7-5-4-6-8-10)9-12(3,17)13(14,15)16/h4-8,17H,9H2,1-3H3. The summed E-state index contributed by atoms with van der Waals surface area (Å²) in [5.41, 5.74) is -2.63. The molecule has 1 rings (SSSR count). The number of alkyl halides is 3. The third-order valence-electron chi connectivity index (χ3n) is 2.95. The largest absolute Gasteiger partial charge is 0.416 e. The zero-order valence-electron chi connectivity index (χ0n) is 10.2. The van der Waals surface area contributed by atoms with Crippen molar-refractivity contribution in [2.75, 3.05) is 0 Å². The second kappa shape index (κ2) is 4.33. The van der Waals surface area contributed by atoms with Crippen LogP contribution in [0.1, 0.15) is 32.8 Å². The molecule has 0 aliphatic rings. The minimum atomic E-state index is -4.61. The number of aliphatic hydroxyl groups is 1. The van der Waals surface area contributed by atoms with Crippen LogP contribution >= 0.6 is 0 Å². The van der Waals surface area contributed by atoms with E-state index in [-0.39, 0.29) is 6.42 Å². The highest BCUT2D eigenvalue weighted by atomic mass is 19.4. The Morgan fingerprint density at radius 1 is 1.00 bits per heavy atom. The Kier molecular flexibility index (Phi) is 3.58. The van der Waals surface area contributed by atoms with Crippen molar-refractivity contribution >= 4 is 0 Å². The molecule has 1 unspecified atom stereocenters. The number of hydrogen-bond donors (Lipinski definition) is 1. The molecule has 0 aromatic heterocycles. The molecule has 0 saturated heterocycles. The summed E-state index contributed by atoms with van der Waals surface area (Å²) in [6, 6.07) is 8.90. The molecule has 0 aliphatic heterocycles. The van der Waals surface area contributed by atoms with Gasteiger partial charge in [-0.3, -0.25) is 0 Å². The van der Waals surface area contributed by atoms with Crippen LogP contribution in [-0.2, 0) is 5.41 Å². The van der Waals surface area contributed by atoms with Gasteiger partial charge in [-0.25, -0.2) is 0 Å². The molecule has 0 aliphatic carbocycles. The van der Waals surface area contributed by atoms with Gasteiger partial charge in [0.05, 0.1) is 0 Å². The molecule has 0 fully saturated rings. The molecular weight excluding hydrogens is 229 g/mol. The first-order valence-corrected chi connectivity index (χ1v) is 5.41. The van der Waals surface area contributed by atoms with Gasteiger partial charge in [-0.2, -0.15) is 13.2 Å². The van der Waals surface area contributed by atoms with Crippen LogP contribution in [0.4, 0.5) is 13.2 Å². The van der Waals surface area contributed by atoms with Gasteiger partial charge in [-0.1, -0.05) is 44.2 Å². The molecule has 0 bridgehead atoms. The molecule has 0 spiro atoms. The van der Waals surface area contributed by atoms with Gasteiger partial charge in [-0.15, -0.1) is 0 Å². The normalized spacial score (nSPS) is 16.6. The summed E-state index contributed by atoms with van der Waals surface area (Å²) >= 11 is 0. The van der Waals surface area contributed by atoms with Gasteiger partial charge in [0.15, 0.2) is 5.60 Å². The van der Waals surface area contributed by atoms with Gasteiger partial charge in [0.25, 0.3) is 0 Å². The van der Waals surface area contributed by atoms with Crippen LogP contribution in [0.15, 0.2) is 30.3 Å². The summed E-state index contributed by atoms with van der Waals surface area (Å²) in [6.07, 6.45) is -4.98. The molecule has 17 heavy (non-hydrogen) atoms. The van der Waals surface area contributed by atoms with Gasteiger partial charge in [-0.05, 0) is 24.3 Å². The van der Waals surface area contributed by atoms with E-state index in [1.54, 1.807) is 38.1 Å². The lowest BCUT2D eigenvalue weighted by molar-refractivity contribution is -0.259. The lowest BCUT2D eigenvalue weighted by atomic mass is 9.75. The van der Waals surface area contributed by atoms with Crippen molar-refractivity contribution in [3.05, 3.63) is 35.9 Å². The summed E-state index contributed by atoms with van der Waals surface area (Å²) in [5.74, 6) is 0. The Morgan fingerprint density at radius 3 is 1.88 bits per heavy atom. The third kappa shape index (κ3) is 3.22.